The summed E-state index contributed by atoms with van der Waals surface area (Å²) >= 11 is 0. The van der Waals surface area contributed by atoms with Crippen molar-refractivity contribution in [2.45, 2.75) is 20.4 Å². The molecule has 0 unspecified atom stereocenters. The van der Waals surface area contributed by atoms with Gasteiger partial charge in [0, 0.05) is 31.9 Å². The average Bonchev–Trinajstić information content (AvgIpc) is 2.67. The highest BCUT2D eigenvalue weighted by molar-refractivity contribution is 5.98. The van der Waals surface area contributed by atoms with E-state index in [9.17, 15) is 9.59 Å². The molecule has 6 heteroatoms. The standard InChI is InChI=1S/C14H21N3O3/c1-10-12(9-18)17(11(2)13(10)14(15)19)4-3-16-5-7-20-8-6-16/h9H,3-8H2,1-2H3,(H2,15,19). The molecule has 0 aliphatic carbocycles. The number of nitrogens with zero attached hydrogens (tertiary/aromatic N) is 2. The number of carbonyl (C=O) groups excluding carboxylic acids is 2. The van der Waals surface area contributed by atoms with E-state index in [4.69, 9.17) is 10.5 Å². The van der Waals surface area contributed by atoms with Gasteiger partial charge < -0.3 is 15.0 Å². The Bertz CT molecular complexity index is 516. The van der Waals surface area contributed by atoms with Crippen molar-refractivity contribution in [2.24, 2.45) is 5.73 Å². The first-order valence-electron chi connectivity index (χ1n) is 6.81. The number of morpholine rings is 1. The maximum absolute atomic E-state index is 11.5. The Morgan fingerprint density at radius 2 is 1.95 bits per heavy atom. The Balaban J connectivity index is 2.19. The third kappa shape index (κ3) is 2.76. The molecule has 2 heterocycles. The van der Waals surface area contributed by atoms with Gasteiger partial charge in [0.25, 0.3) is 5.91 Å². The first-order valence-corrected chi connectivity index (χ1v) is 6.81. The molecule has 0 aromatic carbocycles. The molecule has 1 saturated heterocycles. The van der Waals surface area contributed by atoms with Gasteiger partial charge in [0.2, 0.25) is 0 Å². The maximum Gasteiger partial charge on any atom is 0.250 e. The van der Waals surface area contributed by atoms with Gasteiger partial charge in [0.15, 0.2) is 6.29 Å². The van der Waals surface area contributed by atoms with Crippen LogP contribution in [0.1, 0.15) is 32.1 Å². The number of hydrogen-bond donors (Lipinski definition) is 1. The van der Waals surface area contributed by atoms with Crippen LogP contribution in [-0.2, 0) is 11.3 Å². The van der Waals surface area contributed by atoms with E-state index in [0.717, 1.165) is 44.8 Å². The summed E-state index contributed by atoms with van der Waals surface area (Å²) in [4.78, 5) is 25.1. The SMILES string of the molecule is Cc1c(C(N)=O)c(C)n(CCN2CCOCC2)c1C=O. The molecule has 1 fully saturated rings. The van der Waals surface area contributed by atoms with Crippen molar-refractivity contribution in [3.05, 3.63) is 22.5 Å². The molecule has 0 atom stereocenters. The van der Waals surface area contributed by atoms with Crippen LogP contribution in [0.3, 0.4) is 0 Å². The number of rotatable bonds is 5. The van der Waals surface area contributed by atoms with Crippen LogP contribution in [0.4, 0.5) is 0 Å². The topological polar surface area (TPSA) is 77.6 Å². The van der Waals surface area contributed by atoms with E-state index in [1.54, 1.807) is 6.92 Å². The van der Waals surface area contributed by atoms with Gasteiger partial charge in [0.05, 0.1) is 24.5 Å². The summed E-state index contributed by atoms with van der Waals surface area (Å²) in [5.74, 6) is -0.478. The van der Waals surface area contributed by atoms with Crippen molar-refractivity contribution in [1.29, 1.82) is 0 Å². The molecule has 2 N–H and O–H groups in total. The molecule has 0 bridgehead atoms. The largest absolute Gasteiger partial charge is 0.379 e. The second-order valence-electron chi connectivity index (χ2n) is 5.06. The molecular formula is C14H21N3O3. The molecule has 0 saturated carbocycles. The monoisotopic (exact) mass is 279 g/mol. The zero-order chi connectivity index (χ0) is 14.7. The highest BCUT2D eigenvalue weighted by Gasteiger charge is 2.21. The van der Waals surface area contributed by atoms with Crippen LogP contribution < -0.4 is 5.73 Å². The van der Waals surface area contributed by atoms with E-state index in [-0.39, 0.29) is 0 Å². The Morgan fingerprint density at radius 3 is 2.50 bits per heavy atom. The predicted octanol–water partition coefficient (Wildman–Crippen LogP) is 0.349. The zero-order valence-corrected chi connectivity index (χ0v) is 12.0. The quantitative estimate of drug-likeness (QED) is 0.789. The molecule has 0 radical (unpaired) electrons. The van der Waals surface area contributed by atoms with E-state index in [2.05, 4.69) is 4.90 Å². The van der Waals surface area contributed by atoms with Crippen LogP contribution in [-0.4, -0.2) is 54.5 Å². The minimum absolute atomic E-state index is 0.467. The van der Waals surface area contributed by atoms with Crippen molar-refractivity contribution < 1.29 is 14.3 Å². The van der Waals surface area contributed by atoms with Crippen LogP contribution in [0.25, 0.3) is 0 Å². The van der Waals surface area contributed by atoms with Crippen molar-refractivity contribution in [3.63, 3.8) is 0 Å². The van der Waals surface area contributed by atoms with Gasteiger partial charge in [-0.05, 0) is 19.4 Å². The third-order valence-corrected chi connectivity index (χ3v) is 3.92. The first-order chi connectivity index (χ1) is 9.56. The first kappa shape index (κ1) is 14.7. The maximum atomic E-state index is 11.5. The van der Waals surface area contributed by atoms with E-state index in [1.807, 2.05) is 11.5 Å². The molecule has 0 spiro atoms. The number of ether oxygens (including phenoxy) is 1. The molecule has 1 aromatic heterocycles. The van der Waals surface area contributed by atoms with Gasteiger partial charge in [-0.2, -0.15) is 0 Å². The van der Waals surface area contributed by atoms with Crippen molar-refractivity contribution in [2.75, 3.05) is 32.8 Å². The van der Waals surface area contributed by atoms with Gasteiger partial charge in [-0.25, -0.2) is 0 Å². The van der Waals surface area contributed by atoms with E-state index in [1.165, 1.54) is 0 Å². The number of hydrogen-bond acceptors (Lipinski definition) is 4. The van der Waals surface area contributed by atoms with Crippen LogP contribution in [0, 0.1) is 13.8 Å². The number of amides is 1. The molecule has 2 rings (SSSR count). The lowest BCUT2D eigenvalue weighted by molar-refractivity contribution is 0.0362. The average molecular weight is 279 g/mol. The molecular weight excluding hydrogens is 258 g/mol. The Labute approximate surface area is 118 Å². The molecule has 20 heavy (non-hydrogen) atoms. The summed E-state index contributed by atoms with van der Waals surface area (Å²) in [6.07, 6.45) is 0.800. The van der Waals surface area contributed by atoms with Crippen LogP contribution in [0.5, 0.6) is 0 Å². The molecule has 1 aromatic rings. The predicted molar refractivity (Wildman–Crippen MR) is 75.1 cm³/mol. The van der Waals surface area contributed by atoms with Crippen molar-refractivity contribution >= 4 is 12.2 Å². The Kier molecular flexibility index (Phi) is 4.57. The summed E-state index contributed by atoms with van der Waals surface area (Å²) in [6, 6.07) is 0. The van der Waals surface area contributed by atoms with Crippen molar-refractivity contribution in [3.8, 4) is 0 Å². The van der Waals surface area contributed by atoms with Gasteiger partial charge in [-0.3, -0.25) is 14.5 Å². The highest BCUT2D eigenvalue weighted by Crippen LogP contribution is 2.20. The van der Waals surface area contributed by atoms with Gasteiger partial charge in [0.1, 0.15) is 0 Å². The third-order valence-electron chi connectivity index (χ3n) is 3.92. The van der Waals surface area contributed by atoms with Crippen molar-refractivity contribution in [1.82, 2.24) is 9.47 Å². The summed E-state index contributed by atoms with van der Waals surface area (Å²) in [5.41, 5.74) is 7.85. The van der Waals surface area contributed by atoms with Gasteiger partial charge in [-0.1, -0.05) is 0 Å². The summed E-state index contributed by atoms with van der Waals surface area (Å²) in [6.45, 7) is 8.40. The minimum atomic E-state index is -0.478. The summed E-state index contributed by atoms with van der Waals surface area (Å²) in [7, 11) is 0. The second-order valence-corrected chi connectivity index (χ2v) is 5.06. The lowest BCUT2D eigenvalue weighted by atomic mass is 10.1. The normalized spacial score (nSPS) is 16.3. The van der Waals surface area contributed by atoms with E-state index in [0.29, 0.717) is 23.4 Å². The number of primary amides is 1. The fourth-order valence-electron chi connectivity index (χ4n) is 2.79. The zero-order valence-electron chi connectivity index (χ0n) is 12.0. The minimum Gasteiger partial charge on any atom is -0.379 e. The lowest BCUT2D eigenvalue weighted by Crippen LogP contribution is -2.38. The molecule has 110 valence electrons. The van der Waals surface area contributed by atoms with Crippen LogP contribution in [0.2, 0.25) is 0 Å². The van der Waals surface area contributed by atoms with Gasteiger partial charge >= 0.3 is 0 Å². The van der Waals surface area contributed by atoms with E-state index >= 15 is 0 Å². The van der Waals surface area contributed by atoms with E-state index < -0.39 is 5.91 Å². The molecule has 1 amide bonds. The fraction of sp³-hybridized carbons (Fsp3) is 0.571. The fourth-order valence-corrected chi connectivity index (χ4v) is 2.79. The second kappa shape index (κ2) is 6.19. The lowest BCUT2D eigenvalue weighted by Gasteiger charge is -2.27. The Morgan fingerprint density at radius 1 is 1.30 bits per heavy atom. The summed E-state index contributed by atoms with van der Waals surface area (Å²) in [5, 5.41) is 0. The number of aromatic nitrogens is 1. The summed E-state index contributed by atoms with van der Waals surface area (Å²) < 4.78 is 7.20. The molecule has 6 nitrogen and oxygen atoms in total. The van der Waals surface area contributed by atoms with Crippen LogP contribution in [0.15, 0.2) is 0 Å². The molecule has 1 aliphatic heterocycles. The number of carbonyl (C=O) groups is 2. The van der Waals surface area contributed by atoms with Crippen LogP contribution >= 0.6 is 0 Å². The number of aldehydes is 1. The highest BCUT2D eigenvalue weighted by atomic mass is 16.5. The smallest absolute Gasteiger partial charge is 0.250 e. The molecule has 1 aliphatic rings. The number of nitrogens with two attached hydrogens (primary N) is 1. The Hall–Kier alpha value is -1.66. The van der Waals surface area contributed by atoms with Gasteiger partial charge in [-0.15, -0.1) is 0 Å².